The fourth-order valence-corrected chi connectivity index (χ4v) is 5.11. The van der Waals surface area contributed by atoms with Gasteiger partial charge in [-0.15, -0.1) is 13.2 Å². The van der Waals surface area contributed by atoms with Crippen LogP contribution < -0.4 is 9.47 Å². The number of sulfone groups is 1. The van der Waals surface area contributed by atoms with Crippen LogP contribution in [0.1, 0.15) is 24.4 Å². The van der Waals surface area contributed by atoms with E-state index in [1.54, 1.807) is 30.5 Å². The summed E-state index contributed by atoms with van der Waals surface area (Å²) in [6, 6.07) is 12.2. The molecule has 0 spiro atoms. The Morgan fingerprint density at radius 3 is 2.45 bits per heavy atom. The first kappa shape index (κ1) is 25.9. The van der Waals surface area contributed by atoms with E-state index < -0.39 is 16.2 Å². The second-order valence-electron chi connectivity index (χ2n) is 9.05. The number of hydrogen-bond acceptors (Lipinski definition) is 8. The molecule has 0 amide bonds. The second kappa shape index (κ2) is 10.2. The van der Waals surface area contributed by atoms with Crippen LogP contribution in [0.4, 0.5) is 13.2 Å². The van der Waals surface area contributed by atoms with Gasteiger partial charge in [-0.1, -0.05) is 12.1 Å². The second-order valence-corrected chi connectivity index (χ2v) is 11.1. The zero-order chi connectivity index (χ0) is 26.9. The van der Waals surface area contributed by atoms with E-state index in [9.17, 15) is 21.6 Å². The van der Waals surface area contributed by atoms with E-state index in [0.717, 1.165) is 37.8 Å². The van der Waals surface area contributed by atoms with Crippen molar-refractivity contribution in [2.45, 2.75) is 36.7 Å². The first-order valence-corrected chi connectivity index (χ1v) is 13.7. The summed E-state index contributed by atoms with van der Waals surface area (Å²) in [6.07, 6.45) is 1.02. The average molecular weight is 548 g/mol. The van der Waals surface area contributed by atoms with Crippen molar-refractivity contribution >= 4 is 20.9 Å². The van der Waals surface area contributed by atoms with Gasteiger partial charge >= 0.3 is 6.36 Å². The number of piperidine rings is 1. The first-order chi connectivity index (χ1) is 18.0. The molecule has 1 saturated heterocycles. The fourth-order valence-electron chi connectivity index (χ4n) is 4.48. The Hall–Kier alpha value is -3.71. The molecular formula is C25H24F3N5O4S. The van der Waals surface area contributed by atoms with Gasteiger partial charge in [0.15, 0.2) is 15.5 Å². The highest BCUT2D eigenvalue weighted by Crippen LogP contribution is 2.31. The molecule has 3 heterocycles. The van der Waals surface area contributed by atoms with Crippen LogP contribution in [0.15, 0.2) is 66.0 Å². The Kier molecular flexibility index (Phi) is 6.97. The van der Waals surface area contributed by atoms with Crippen molar-refractivity contribution in [3.05, 3.63) is 66.6 Å². The standard InChI is InChI=1S/C25H24F3N5O4S/c1-38(34,35)21-7-5-19(6-8-21)36-24-22-14-31-33(23(22)29-16-30-24)18-9-11-32(12-10-18)15-17-3-2-4-20(13-17)37-25(26,27)28/h2-8,13-14,16,18H,9-12,15H2,1H3. The molecule has 2 aromatic heterocycles. The van der Waals surface area contributed by atoms with Crippen LogP contribution in [0, 0.1) is 0 Å². The molecule has 0 saturated carbocycles. The lowest BCUT2D eigenvalue weighted by molar-refractivity contribution is -0.274. The molecule has 5 rings (SSSR count). The number of likely N-dealkylation sites (tertiary alicyclic amines) is 1. The third-order valence-electron chi connectivity index (χ3n) is 6.26. The van der Waals surface area contributed by atoms with Gasteiger partial charge in [0.2, 0.25) is 5.88 Å². The van der Waals surface area contributed by atoms with Gasteiger partial charge in [-0.25, -0.2) is 23.1 Å². The Morgan fingerprint density at radius 1 is 1.03 bits per heavy atom. The van der Waals surface area contributed by atoms with E-state index in [4.69, 9.17) is 4.74 Å². The number of benzene rings is 2. The molecule has 1 aliphatic rings. The normalized spacial score (nSPS) is 15.6. The van der Waals surface area contributed by atoms with E-state index in [1.165, 1.54) is 30.6 Å². The summed E-state index contributed by atoms with van der Waals surface area (Å²) in [7, 11) is -3.31. The lowest BCUT2D eigenvalue weighted by Gasteiger charge is -2.32. The van der Waals surface area contributed by atoms with Crippen molar-refractivity contribution in [2.24, 2.45) is 0 Å². The van der Waals surface area contributed by atoms with E-state index in [0.29, 0.717) is 29.2 Å². The molecule has 0 radical (unpaired) electrons. The smallest absolute Gasteiger partial charge is 0.438 e. The zero-order valence-corrected chi connectivity index (χ0v) is 21.1. The molecule has 0 N–H and O–H groups in total. The summed E-state index contributed by atoms with van der Waals surface area (Å²) < 4.78 is 72.7. The molecule has 0 unspecified atom stereocenters. The topological polar surface area (TPSA) is 99.4 Å². The van der Waals surface area contributed by atoms with Crippen LogP contribution in [0.25, 0.3) is 11.0 Å². The van der Waals surface area contributed by atoms with Crippen LogP contribution >= 0.6 is 0 Å². The van der Waals surface area contributed by atoms with Gasteiger partial charge < -0.3 is 9.47 Å². The van der Waals surface area contributed by atoms with Crippen LogP contribution in [0.3, 0.4) is 0 Å². The number of nitrogens with zero attached hydrogens (tertiary/aromatic N) is 5. The van der Waals surface area contributed by atoms with Crippen LogP contribution in [-0.4, -0.2) is 58.8 Å². The molecule has 1 aliphatic heterocycles. The van der Waals surface area contributed by atoms with Crippen LogP contribution in [0.5, 0.6) is 17.4 Å². The summed E-state index contributed by atoms with van der Waals surface area (Å²) in [5.74, 6) is 0.520. The predicted octanol–water partition coefficient (Wildman–Crippen LogP) is 4.76. The van der Waals surface area contributed by atoms with Crippen molar-refractivity contribution in [3.8, 4) is 17.4 Å². The number of alkyl halides is 3. The molecule has 0 atom stereocenters. The molecule has 9 nitrogen and oxygen atoms in total. The molecule has 13 heteroatoms. The van der Waals surface area contributed by atoms with Gasteiger partial charge in [0, 0.05) is 25.9 Å². The Labute approximate surface area is 216 Å². The highest BCUT2D eigenvalue weighted by molar-refractivity contribution is 7.90. The van der Waals surface area contributed by atoms with E-state index in [1.807, 2.05) is 4.68 Å². The lowest BCUT2D eigenvalue weighted by atomic mass is 10.0. The molecule has 0 aliphatic carbocycles. The van der Waals surface area contributed by atoms with Crippen molar-refractivity contribution < 1.29 is 31.1 Å². The molecule has 2 aromatic carbocycles. The molecule has 1 fully saturated rings. The Balaban J connectivity index is 1.24. The fraction of sp³-hybridized carbons (Fsp3) is 0.320. The summed E-state index contributed by atoms with van der Waals surface area (Å²) in [5.41, 5.74) is 1.37. The lowest BCUT2D eigenvalue weighted by Crippen LogP contribution is -2.34. The molecule has 200 valence electrons. The monoisotopic (exact) mass is 547 g/mol. The molecule has 38 heavy (non-hydrogen) atoms. The third kappa shape index (κ3) is 6.05. The third-order valence-corrected chi connectivity index (χ3v) is 7.39. The van der Waals surface area contributed by atoms with Gasteiger partial charge in [-0.2, -0.15) is 5.10 Å². The summed E-state index contributed by atoms with van der Waals surface area (Å²) in [5, 5.41) is 5.16. The van der Waals surface area contributed by atoms with E-state index >= 15 is 0 Å². The number of hydrogen-bond donors (Lipinski definition) is 0. The number of halogens is 3. The minimum Gasteiger partial charge on any atom is -0.438 e. The van der Waals surface area contributed by atoms with Gasteiger partial charge in [-0.3, -0.25) is 4.90 Å². The highest BCUT2D eigenvalue weighted by atomic mass is 32.2. The van der Waals surface area contributed by atoms with Crippen LogP contribution in [0.2, 0.25) is 0 Å². The largest absolute Gasteiger partial charge is 0.573 e. The van der Waals surface area contributed by atoms with E-state index in [-0.39, 0.29) is 16.7 Å². The van der Waals surface area contributed by atoms with Crippen molar-refractivity contribution in [1.29, 1.82) is 0 Å². The van der Waals surface area contributed by atoms with Crippen molar-refractivity contribution in [3.63, 3.8) is 0 Å². The number of ether oxygens (including phenoxy) is 2. The van der Waals surface area contributed by atoms with Gasteiger partial charge in [0.1, 0.15) is 23.2 Å². The van der Waals surface area contributed by atoms with Gasteiger partial charge in [0.25, 0.3) is 0 Å². The maximum absolute atomic E-state index is 12.5. The van der Waals surface area contributed by atoms with E-state index in [2.05, 4.69) is 24.7 Å². The number of aromatic nitrogens is 4. The predicted molar refractivity (Wildman–Crippen MR) is 132 cm³/mol. The number of rotatable bonds is 7. The quantitative estimate of drug-likeness (QED) is 0.327. The minimum atomic E-state index is -4.72. The SMILES string of the molecule is CS(=O)(=O)c1ccc(Oc2ncnc3c2cnn3C2CCN(Cc3cccc(OC(F)(F)F)c3)CC2)cc1. The maximum Gasteiger partial charge on any atom is 0.573 e. The summed E-state index contributed by atoms with van der Waals surface area (Å²) in [4.78, 5) is 11.0. The maximum atomic E-state index is 12.5. The van der Waals surface area contributed by atoms with Crippen molar-refractivity contribution in [2.75, 3.05) is 19.3 Å². The Bertz CT molecular complexity index is 1530. The summed E-state index contributed by atoms with van der Waals surface area (Å²) >= 11 is 0. The van der Waals surface area contributed by atoms with Gasteiger partial charge in [-0.05, 0) is 54.8 Å². The average Bonchev–Trinajstić information content (AvgIpc) is 3.29. The molecule has 4 aromatic rings. The van der Waals surface area contributed by atoms with Crippen molar-refractivity contribution in [1.82, 2.24) is 24.6 Å². The highest BCUT2D eigenvalue weighted by Gasteiger charge is 2.31. The van der Waals surface area contributed by atoms with Gasteiger partial charge in [0.05, 0.1) is 17.1 Å². The minimum absolute atomic E-state index is 0.0837. The first-order valence-electron chi connectivity index (χ1n) is 11.8. The number of fused-ring (bicyclic) bond motifs is 1. The van der Waals surface area contributed by atoms with Crippen LogP contribution in [-0.2, 0) is 16.4 Å². The molecule has 0 bridgehead atoms. The summed E-state index contributed by atoms with van der Waals surface area (Å²) in [6.45, 7) is 1.98. The molecular weight excluding hydrogens is 523 g/mol. The zero-order valence-electron chi connectivity index (χ0n) is 20.3. The Morgan fingerprint density at radius 2 is 1.76 bits per heavy atom.